The van der Waals surface area contributed by atoms with Gasteiger partial charge in [-0.1, -0.05) is 67.2 Å². The fourth-order valence-corrected chi connectivity index (χ4v) is 7.79. The highest BCUT2D eigenvalue weighted by molar-refractivity contribution is 7.86. The van der Waals surface area contributed by atoms with Crippen molar-refractivity contribution in [1.29, 1.82) is 0 Å². The maximum Gasteiger partial charge on any atom is 0.430 e. The van der Waals surface area contributed by atoms with Crippen LogP contribution in [0, 0.1) is 17.3 Å². The van der Waals surface area contributed by atoms with Gasteiger partial charge in [0.2, 0.25) is 11.8 Å². The van der Waals surface area contributed by atoms with E-state index in [9.17, 15) is 72.0 Å². The molecule has 0 bridgehead atoms. The largest absolute Gasteiger partial charge is 0.748 e. The zero-order valence-electron chi connectivity index (χ0n) is 43.1. The molecule has 0 aromatic heterocycles. The minimum Gasteiger partial charge on any atom is -0.748 e. The Kier molecular flexibility index (Phi) is 30.9. The van der Waals surface area contributed by atoms with Gasteiger partial charge >= 0.3 is 24.3 Å². The molecule has 1 rings (SSSR count). The average Bonchev–Trinajstić information content (AvgIpc) is 3.17. The number of nitrogens with one attached hydrogen (secondary N) is 3. The molecule has 412 valence electrons. The molecule has 0 aliphatic carbocycles. The monoisotopic (exact) mass is 1060 g/mol. The number of carbonyl (C=O) groups is 4. The molecular weight excluding hydrogens is 973 g/mol. The van der Waals surface area contributed by atoms with Crippen molar-refractivity contribution in [3.63, 3.8) is 0 Å². The summed E-state index contributed by atoms with van der Waals surface area (Å²) in [4.78, 5) is 47.6. The SMILES string of the molecule is CCC(C)(C)C(=O)OC(C)(C)C(O)(C(F)(F)F)C(F)(F)F.CCC(C)C(=O)NC(C)(C)CS(=O)(=O)O.CCC(C)C(=O)NC(C)(C)CS(=O)(=O)[O-].CCCCCCCC(=O)OCC[NH+]1CCOCC1. The smallest absolute Gasteiger partial charge is 0.430 e. The van der Waals surface area contributed by atoms with Gasteiger partial charge in [0.25, 0.3) is 15.7 Å². The van der Waals surface area contributed by atoms with Crippen LogP contribution < -0.4 is 15.5 Å². The van der Waals surface area contributed by atoms with Gasteiger partial charge in [-0.3, -0.25) is 23.7 Å². The highest BCUT2D eigenvalue weighted by Crippen LogP contribution is 2.51. The Morgan fingerprint density at radius 1 is 0.725 bits per heavy atom. The Morgan fingerprint density at radius 2 is 1.14 bits per heavy atom. The van der Waals surface area contributed by atoms with E-state index in [-0.39, 0.29) is 36.0 Å². The fraction of sp³-hybridized carbons (Fsp3) is 0.909. The first kappa shape index (κ1) is 70.4. The number of hydrogen-bond acceptors (Lipinski definition) is 13. The molecule has 0 radical (unpaired) electrons. The predicted molar refractivity (Wildman–Crippen MR) is 246 cm³/mol. The highest BCUT2D eigenvalue weighted by atomic mass is 32.2. The number of morpholine rings is 1. The van der Waals surface area contributed by atoms with Crippen LogP contribution in [0.5, 0.6) is 0 Å². The van der Waals surface area contributed by atoms with Crippen LogP contribution in [-0.2, 0) is 53.6 Å². The third-order valence-electron chi connectivity index (χ3n) is 11.0. The van der Waals surface area contributed by atoms with Crippen LogP contribution in [0.3, 0.4) is 0 Å². The van der Waals surface area contributed by atoms with Crippen molar-refractivity contribution in [2.75, 3.05) is 51.0 Å². The second-order valence-corrected chi connectivity index (χ2v) is 22.5. The van der Waals surface area contributed by atoms with Gasteiger partial charge in [-0.25, -0.2) is 8.42 Å². The van der Waals surface area contributed by atoms with Gasteiger partial charge in [0.05, 0.1) is 45.8 Å². The molecule has 0 aromatic rings. The summed E-state index contributed by atoms with van der Waals surface area (Å²) in [6.07, 6.45) is -4.16. The third-order valence-corrected chi connectivity index (χ3v) is 13.2. The summed E-state index contributed by atoms with van der Waals surface area (Å²) in [5.74, 6) is -3.15. The Labute approximate surface area is 406 Å². The van der Waals surface area contributed by atoms with Gasteiger partial charge in [0.1, 0.15) is 26.2 Å². The van der Waals surface area contributed by atoms with Gasteiger partial charge in [-0.2, -0.15) is 34.8 Å². The number of quaternary nitrogens is 1. The number of amides is 2. The first-order chi connectivity index (χ1) is 30.9. The molecular formula is C44H83F6N3O14S2. The lowest BCUT2D eigenvalue weighted by Gasteiger charge is -2.44. The summed E-state index contributed by atoms with van der Waals surface area (Å²) < 4.78 is 153. The Morgan fingerprint density at radius 3 is 1.51 bits per heavy atom. The van der Waals surface area contributed by atoms with E-state index in [1.165, 1.54) is 58.8 Å². The molecule has 0 saturated carbocycles. The van der Waals surface area contributed by atoms with Gasteiger partial charge < -0.3 is 39.4 Å². The number of unbranched alkanes of at least 4 members (excludes halogenated alkanes) is 4. The quantitative estimate of drug-likeness (QED) is 0.0357. The average molecular weight is 1060 g/mol. The molecule has 2 atom stereocenters. The predicted octanol–water partition coefficient (Wildman–Crippen LogP) is 5.69. The summed E-state index contributed by atoms with van der Waals surface area (Å²) in [5, 5.41) is 14.4. The number of alkyl halides is 6. The van der Waals surface area contributed by atoms with Crippen LogP contribution in [-0.4, -0.2) is 140 Å². The van der Waals surface area contributed by atoms with E-state index >= 15 is 0 Å². The lowest BCUT2D eigenvalue weighted by Crippen LogP contribution is -3.14. The molecule has 2 amide bonds. The molecule has 2 unspecified atom stereocenters. The molecule has 0 spiro atoms. The van der Waals surface area contributed by atoms with E-state index in [1.54, 1.807) is 27.7 Å². The van der Waals surface area contributed by atoms with Crippen LogP contribution in [0.2, 0.25) is 0 Å². The number of ether oxygens (including phenoxy) is 3. The fourth-order valence-electron chi connectivity index (χ4n) is 5.85. The topological polar surface area (TPSA) is 256 Å². The van der Waals surface area contributed by atoms with E-state index in [2.05, 4.69) is 22.3 Å². The van der Waals surface area contributed by atoms with Gasteiger partial charge in [0.15, 0.2) is 5.60 Å². The summed E-state index contributed by atoms with van der Waals surface area (Å²) in [5.41, 5.74) is -11.7. The number of esters is 2. The molecule has 1 heterocycles. The standard InChI is InChI=1S/C14H27NO3.C12H18F6O3.2C9H19NO4S/c1-2-3-4-5-6-7-14(16)18-13-10-15-8-11-17-12-9-15;1-6-8(2,3)7(19)21-9(4,5)10(20,11(13,14)15)12(16,17)18;2*1-5-7(2)8(11)10-9(3,4)6-15(12,13)14/h2-13H2,1H3;20H,6H2,1-5H3;2*7H,5-6H2,1-4H3,(H,10,11)(H,12,13,14). The second-order valence-electron chi connectivity index (χ2n) is 19.6. The number of rotatable bonds is 23. The molecule has 1 aliphatic rings. The van der Waals surface area contributed by atoms with Crippen LogP contribution in [0.4, 0.5) is 26.3 Å². The zero-order valence-corrected chi connectivity index (χ0v) is 44.7. The van der Waals surface area contributed by atoms with E-state index in [1.807, 2.05) is 13.8 Å². The van der Waals surface area contributed by atoms with Crippen molar-refractivity contribution >= 4 is 44.0 Å². The molecule has 5 N–H and O–H groups in total. The lowest BCUT2D eigenvalue weighted by atomic mass is 9.83. The van der Waals surface area contributed by atoms with Crippen molar-refractivity contribution in [2.45, 2.75) is 189 Å². The number of halogens is 6. The molecule has 17 nitrogen and oxygen atoms in total. The minimum absolute atomic E-state index is 0.0286. The third kappa shape index (κ3) is 30.0. The lowest BCUT2D eigenvalue weighted by molar-refractivity contribution is -0.908. The van der Waals surface area contributed by atoms with E-state index < -0.39 is 77.8 Å². The second kappa shape index (κ2) is 30.3. The Balaban J connectivity index is -0.000000850. The van der Waals surface area contributed by atoms with Gasteiger partial charge in [0, 0.05) is 23.8 Å². The van der Waals surface area contributed by atoms with Crippen LogP contribution in [0.15, 0.2) is 0 Å². The van der Waals surface area contributed by atoms with Crippen molar-refractivity contribution in [1.82, 2.24) is 10.6 Å². The molecule has 69 heavy (non-hydrogen) atoms. The molecule has 1 fully saturated rings. The summed E-state index contributed by atoms with van der Waals surface area (Å²) >= 11 is 0. The molecule has 1 saturated heterocycles. The highest BCUT2D eigenvalue weighted by Gasteiger charge is 2.78. The molecule has 0 aromatic carbocycles. The van der Waals surface area contributed by atoms with Crippen LogP contribution in [0.25, 0.3) is 0 Å². The maximum absolute atomic E-state index is 12.8. The van der Waals surface area contributed by atoms with E-state index in [0.29, 0.717) is 39.7 Å². The van der Waals surface area contributed by atoms with E-state index in [4.69, 9.17) is 14.0 Å². The number of hydrogen-bond donors (Lipinski definition) is 5. The van der Waals surface area contributed by atoms with Crippen molar-refractivity contribution in [2.24, 2.45) is 17.3 Å². The normalized spacial score (nSPS) is 15.3. The van der Waals surface area contributed by atoms with E-state index in [0.717, 1.165) is 45.7 Å². The summed E-state index contributed by atoms with van der Waals surface area (Å²) in [6, 6.07) is 0. The summed E-state index contributed by atoms with van der Waals surface area (Å²) in [6.45, 7) is 25.7. The first-order valence-electron chi connectivity index (χ1n) is 23.1. The van der Waals surface area contributed by atoms with Crippen molar-refractivity contribution in [3.8, 4) is 0 Å². The number of aliphatic hydroxyl groups is 1. The van der Waals surface area contributed by atoms with Crippen LogP contribution >= 0.6 is 0 Å². The zero-order chi connectivity index (χ0) is 55.1. The van der Waals surface area contributed by atoms with Crippen LogP contribution in [0.1, 0.15) is 155 Å². The maximum atomic E-state index is 12.8. The molecule has 1 aliphatic heterocycles. The molecule has 25 heteroatoms. The van der Waals surface area contributed by atoms with Crippen molar-refractivity contribution < 1.29 is 95.7 Å². The van der Waals surface area contributed by atoms with Crippen molar-refractivity contribution in [3.05, 3.63) is 0 Å². The summed E-state index contributed by atoms with van der Waals surface area (Å²) in [7, 11) is -8.40. The minimum atomic E-state index is -6.06. The Bertz CT molecular complexity index is 1690. The Hall–Kier alpha value is -2.84. The first-order valence-corrected chi connectivity index (χ1v) is 26.3. The van der Waals surface area contributed by atoms with Gasteiger partial charge in [-0.05, 0) is 81.1 Å². The number of carbonyl (C=O) groups excluding carboxylic acids is 4. The van der Waals surface area contributed by atoms with Gasteiger partial charge in [-0.15, -0.1) is 0 Å².